The lowest BCUT2D eigenvalue weighted by atomic mass is 10.2. The number of thiol groups is 1. The van der Waals surface area contributed by atoms with Crippen molar-refractivity contribution in [3.63, 3.8) is 0 Å². The molecule has 6 heteroatoms. The number of hydrogen-bond acceptors (Lipinski definition) is 3. The Labute approximate surface area is 109 Å². The Morgan fingerprint density at radius 3 is 2.11 bits per heavy atom. The van der Waals surface area contributed by atoms with Crippen LogP contribution in [0, 0.1) is 0 Å². The van der Waals surface area contributed by atoms with E-state index in [0.717, 1.165) is 0 Å². The van der Waals surface area contributed by atoms with E-state index in [1.165, 1.54) is 6.26 Å². The zero-order valence-electron chi connectivity index (χ0n) is 9.21. The third-order valence-electron chi connectivity index (χ3n) is 2.14. The number of amides is 2. The van der Waals surface area contributed by atoms with E-state index in [0.29, 0.717) is 11.4 Å². The largest absolute Gasteiger partial charge is 0.459 e. The van der Waals surface area contributed by atoms with Crippen LogP contribution in [0.4, 0.5) is 16.2 Å². The number of rotatable bonds is 3. The zero-order valence-corrected chi connectivity index (χ0v) is 10.1. The Hall–Kier alpha value is -2.21. The van der Waals surface area contributed by atoms with Crippen LogP contribution in [0.25, 0.3) is 0 Å². The van der Waals surface area contributed by atoms with Gasteiger partial charge in [0.2, 0.25) is 0 Å². The monoisotopic (exact) mass is 262 g/mol. The third-order valence-corrected chi connectivity index (χ3v) is 2.25. The highest BCUT2D eigenvalue weighted by Gasteiger charge is 2.08. The minimum atomic E-state index is -0.442. The third kappa shape index (κ3) is 3.14. The molecule has 0 unspecified atom stereocenters. The van der Waals surface area contributed by atoms with Gasteiger partial charge < -0.3 is 15.1 Å². The molecular formula is C12H10N2O3S. The summed E-state index contributed by atoms with van der Waals surface area (Å²) in [5.41, 5.74) is 1.21. The fraction of sp³-hybridized carbons (Fsp3) is 0. The van der Waals surface area contributed by atoms with Gasteiger partial charge in [0.05, 0.1) is 6.26 Å². The highest BCUT2D eigenvalue weighted by molar-refractivity contribution is 7.96. The van der Waals surface area contributed by atoms with Crippen LogP contribution in [0.2, 0.25) is 0 Å². The number of nitrogens with one attached hydrogen (secondary N) is 2. The van der Waals surface area contributed by atoms with Gasteiger partial charge in [-0.05, 0) is 36.4 Å². The van der Waals surface area contributed by atoms with Crippen molar-refractivity contribution in [2.75, 3.05) is 10.6 Å². The van der Waals surface area contributed by atoms with Gasteiger partial charge in [-0.15, -0.1) is 0 Å². The van der Waals surface area contributed by atoms with E-state index in [1.54, 1.807) is 36.4 Å². The first-order valence-corrected chi connectivity index (χ1v) is 5.55. The molecule has 0 saturated carbocycles. The maximum atomic E-state index is 11.7. The number of carbonyl (C=O) groups is 2. The van der Waals surface area contributed by atoms with Crippen molar-refractivity contribution in [1.29, 1.82) is 0 Å². The van der Waals surface area contributed by atoms with Crippen LogP contribution in [-0.2, 0) is 0 Å². The van der Waals surface area contributed by atoms with Crippen LogP contribution < -0.4 is 10.6 Å². The van der Waals surface area contributed by atoms with Crippen LogP contribution in [0.1, 0.15) is 10.6 Å². The Balaban J connectivity index is 2.02. The lowest BCUT2D eigenvalue weighted by Gasteiger charge is -2.05. The average molecular weight is 262 g/mol. The second kappa shape index (κ2) is 5.42. The summed E-state index contributed by atoms with van der Waals surface area (Å²) in [5.74, 6) is -0.0891. The lowest BCUT2D eigenvalue weighted by molar-refractivity contribution is 0.0996. The maximum Gasteiger partial charge on any atom is 0.291 e. The van der Waals surface area contributed by atoms with Crippen LogP contribution in [0.15, 0.2) is 47.1 Å². The summed E-state index contributed by atoms with van der Waals surface area (Å²) in [7, 11) is 0. The molecule has 2 amide bonds. The minimum absolute atomic E-state index is 0.239. The fourth-order valence-corrected chi connectivity index (χ4v) is 1.49. The lowest BCUT2D eigenvalue weighted by Crippen LogP contribution is -2.10. The first kappa shape index (κ1) is 12.3. The predicted octanol–water partition coefficient (Wildman–Crippen LogP) is 2.99. The summed E-state index contributed by atoms with van der Waals surface area (Å²) >= 11 is 3.60. The molecular weight excluding hydrogens is 252 g/mol. The number of hydrogen-bond donors (Lipinski definition) is 3. The minimum Gasteiger partial charge on any atom is -0.459 e. The number of furan rings is 1. The molecule has 2 rings (SSSR count). The summed E-state index contributed by atoms with van der Waals surface area (Å²) < 4.78 is 4.96. The van der Waals surface area contributed by atoms with Gasteiger partial charge in [0, 0.05) is 11.4 Å². The molecule has 5 nitrogen and oxygen atoms in total. The Morgan fingerprint density at radius 2 is 1.61 bits per heavy atom. The van der Waals surface area contributed by atoms with Crippen molar-refractivity contribution in [1.82, 2.24) is 0 Å². The van der Waals surface area contributed by atoms with Gasteiger partial charge in [-0.25, -0.2) is 0 Å². The molecule has 0 spiro atoms. The summed E-state index contributed by atoms with van der Waals surface area (Å²) in [6, 6.07) is 9.86. The molecule has 1 aromatic heterocycles. The normalized spacial score (nSPS) is 9.83. The Morgan fingerprint density at radius 1 is 1.00 bits per heavy atom. The SMILES string of the molecule is O=C(S)Nc1ccc(NC(=O)c2ccco2)cc1. The molecule has 0 bridgehead atoms. The van der Waals surface area contributed by atoms with E-state index in [2.05, 4.69) is 23.3 Å². The number of anilines is 2. The Bertz CT molecular complexity index is 549. The molecule has 0 aliphatic rings. The number of benzene rings is 1. The molecule has 0 aliphatic carbocycles. The van der Waals surface area contributed by atoms with Crippen LogP contribution in [-0.4, -0.2) is 11.1 Å². The van der Waals surface area contributed by atoms with E-state index in [-0.39, 0.29) is 11.7 Å². The van der Waals surface area contributed by atoms with Crippen LogP contribution in [0.3, 0.4) is 0 Å². The summed E-state index contributed by atoms with van der Waals surface area (Å²) in [4.78, 5) is 22.4. The predicted molar refractivity (Wildman–Crippen MR) is 71.1 cm³/mol. The van der Waals surface area contributed by atoms with Gasteiger partial charge in [-0.3, -0.25) is 9.59 Å². The van der Waals surface area contributed by atoms with Crippen LogP contribution >= 0.6 is 12.6 Å². The van der Waals surface area contributed by atoms with Gasteiger partial charge >= 0.3 is 0 Å². The maximum absolute atomic E-state index is 11.7. The molecule has 18 heavy (non-hydrogen) atoms. The molecule has 1 aromatic carbocycles. The second-order valence-corrected chi connectivity index (χ2v) is 3.85. The second-order valence-electron chi connectivity index (χ2n) is 3.44. The molecule has 0 saturated heterocycles. The highest BCUT2D eigenvalue weighted by Crippen LogP contribution is 2.15. The smallest absolute Gasteiger partial charge is 0.291 e. The molecule has 1 heterocycles. The van der Waals surface area contributed by atoms with E-state index in [9.17, 15) is 9.59 Å². The Kier molecular flexibility index (Phi) is 3.69. The standard InChI is InChI=1S/C12H10N2O3S/c15-11(10-2-1-7-17-10)13-8-3-5-9(6-4-8)14-12(16)18/h1-7H,(H,13,15)(H2,14,16,18). The van der Waals surface area contributed by atoms with Gasteiger partial charge in [0.1, 0.15) is 0 Å². The molecule has 0 fully saturated rings. The zero-order chi connectivity index (χ0) is 13.0. The topological polar surface area (TPSA) is 71.3 Å². The first-order chi connectivity index (χ1) is 8.65. The summed E-state index contributed by atoms with van der Waals surface area (Å²) in [6.07, 6.45) is 1.43. The van der Waals surface area contributed by atoms with Crippen molar-refractivity contribution in [3.8, 4) is 0 Å². The van der Waals surface area contributed by atoms with Crippen molar-refractivity contribution in [3.05, 3.63) is 48.4 Å². The molecule has 0 aliphatic heterocycles. The van der Waals surface area contributed by atoms with Gasteiger partial charge in [0.25, 0.3) is 11.1 Å². The van der Waals surface area contributed by atoms with Gasteiger partial charge in [-0.2, -0.15) is 0 Å². The van der Waals surface area contributed by atoms with Gasteiger partial charge in [-0.1, -0.05) is 12.6 Å². The molecule has 0 radical (unpaired) electrons. The van der Waals surface area contributed by atoms with Gasteiger partial charge in [0.15, 0.2) is 5.76 Å². The molecule has 92 valence electrons. The van der Waals surface area contributed by atoms with Crippen molar-refractivity contribution < 1.29 is 14.0 Å². The van der Waals surface area contributed by atoms with E-state index in [4.69, 9.17) is 4.42 Å². The molecule has 2 aromatic rings. The quantitative estimate of drug-likeness (QED) is 0.745. The van der Waals surface area contributed by atoms with Crippen molar-refractivity contribution in [2.45, 2.75) is 0 Å². The summed E-state index contributed by atoms with van der Waals surface area (Å²) in [5, 5.41) is 4.73. The van der Waals surface area contributed by atoms with E-state index < -0.39 is 5.24 Å². The molecule has 0 atom stereocenters. The van der Waals surface area contributed by atoms with E-state index >= 15 is 0 Å². The summed E-state index contributed by atoms with van der Waals surface area (Å²) in [6.45, 7) is 0. The molecule has 2 N–H and O–H groups in total. The first-order valence-electron chi connectivity index (χ1n) is 5.10. The van der Waals surface area contributed by atoms with Crippen molar-refractivity contribution >= 4 is 35.1 Å². The van der Waals surface area contributed by atoms with E-state index in [1.807, 2.05) is 0 Å². The average Bonchev–Trinajstić information content (AvgIpc) is 2.84. The van der Waals surface area contributed by atoms with Crippen molar-refractivity contribution in [2.24, 2.45) is 0 Å². The highest BCUT2D eigenvalue weighted by atomic mass is 32.1. The number of carbonyl (C=O) groups excluding carboxylic acids is 2. The van der Waals surface area contributed by atoms with Crippen LogP contribution in [0.5, 0.6) is 0 Å². The fourth-order valence-electron chi connectivity index (χ4n) is 1.36.